The van der Waals surface area contributed by atoms with E-state index in [1.54, 1.807) is 0 Å². The lowest BCUT2D eigenvalue weighted by Crippen LogP contribution is -2.18. The maximum absolute atomic E-state index is 4.74. The molecule has 0 atom stereocenters. The number of pyridine rings is 1. The predicted octanol–water partition coefficient (Wildman–Crippen LogP) is 5.97. The third kappa shape index (κ3) is 4.08. The minimum absolute atomic E-state index is 0.501. The Kier molecular flexibility index (Phi) is 5.87. The maximum Gasteiger partial charge on any atom is 0.135 e. The summed E-state index contributed by atoms with van der Waals surface area (Å²) in [5.74, 6) is 0.943. The highest BCUT2D eigenvalue weighted by molar-refractivity contribution is 5.71. The summed E-state index contributed by atoms with van der Waals surface area (Å²) in [7, 11) is 0. The first-order valence-corrected chi connectivity index (χ1v) is 8.95. The number of benzene rings is 1. The van der Waals surface area contributed by atoms with Gasteiger partial charge in [0.2, 0.25) is 0 Å². The zero-order valence-electron chi connectivity index (χ0n) is 16.2. The van der Waals surface area contributed by atoms with Crippen LogP contribution in [0.4, 0.5) is 17.2 Å². The topological polar surface area (TPSA) is 37.0 Å². The van der Waals surface area contributed by atoms with Crippen LogP contribution >= 0.6 is 0 Å². The van der Waals surface area contributed by atoms with Crippen LogP contribution in [0.25, 0.3) is 0 Å². The molecule has 0 amide bonds. The number of hydrogen-bond acceptors (Lipinski definition) is 3. The summed E-state index contributed by atoms with van der Waals surface area (Å²) in [6, 6.07) is 7.07. The molecule has 2 rings (SSSR count). The highest BCUT2D eigenvalue weighted by Crippen LogP contribution is 2.30. The first-order valence-electron chi connectivity index (χ1n) is 8.95. The van der Waals surface area contributed by atoms with Crippen molar-refractivity contribution in [3.63, 3.8) is 0 Å². The molecule has 3 nitrogen and oxygen atoms in total. The van der Waals surface area contributed by atoms with Crippen LogP contribution in [0.15, 0.2) is 18.2 Å². The highest BCUT2D eigenvalue weighted by atomic mass is 15.0. The van der Waals surface area contributed by atoms with Crippen molar-refractivity contribution in [2.24, 2.45) is 0 Å². The second-order valence-electron chi connectivity index (χ2n) is 6.84. The van der Waals surface area contributed by atoms with Crippen molar-refractivity contribution in [1.29, 1.82) is 0 Å². The second kappa shape index (κ2) is 7.69. The largest absolute Gasteiger partial charge is 0.382 e. The molecular weight excluding hydrogens is 294 g/mol. The molecule has 0 aliphatic carbocycles. The van der Waals surface area contributed by atoms with E-state index in [0.717, 1.165) is 30.0 Å². The van der Waals surface area contributed by atoms with Gasteiger partial charge < -0.3 is 10.6 Å². The van der Waals surface area contributed by atoms with Gasteiger partial charge in [0.05, 0.1) is 0 Å². The molecule has 0 fully saturated rings. The summed E-state index contributed by atoms with van der Waals surface area (Å²) in [5, 5.41) is 7.25. The lowest BCUT2D eigenvalue weighted by molar-refractivity contribution is 0.671. The Labute approximate surface area is 146 Å². The monoisotopic (exact) mass is 325 g/mol. The Morgan fingerprint density at radius 3 is 2.04 bits per heavy atom. The molecular formula is C21H31N3. The molecule has 3 heteroatoms. The van der Waals surface area contributed by atoms with Crippen molar-refractivity contribution in [3.05, 3.63) is 46.1 Å². The third-order valence-electron chi connectivity index (χ3n) is 4.67. The number of hydrogen-bond donors (Lipinski definition) is 2. The van der Waals surface area contributed by atoms with Gasteiger partial charge >= 0.3 is 0 Å². The van der Waals surface area contributed by atoms with Crippen LogP contribution in [0.1, 0.15) is 54.6 Å². The molecule has 130 valence electrons. The SMILES string of the molecule is CCC(CC)Nc1cc(C)nc(Nc2c(C)cc(C)cc2C)c1C. The van der Waals surface area contributed by atoms with E-state index in [4.69, 9.17) is 4.98 Å². The van der Waals surface area contributed by atoms with E-state index in [0.29, 0.717) is 6.04 Å². The van der Waals surface area contributed by atoms with E-state index >= 15 is 0 Å². The van der Waals surface area contributed by atoms with Gasteiger partial charge in [-0.25, -0.2) is 4.98 Å². The van der Waals surface area contributed by atoms with Crippen LogP contribution in [0.3, 0.4) is 0 Å². The number of rotatable bonds is 6. The van der Waals surface area contributed by atoms with Crippen molar-refractivity contribution < 1.29 is 0 Å². The van der Waals surface area contributed by atoms with E-state index in [1.165, 1.54) is 27.9 Å². The minimum Gasteiger partial charge on any atom is -0.382 e. The van der Waals surface area contributed by atoms with Crippen molar-refractivity contribution >= 4 is 17.2 Å². The van der Waals surface area contributed by atoms with Gasteiger partial charge in [-0.05, 0) is 64.7 Å². The number of aromatic nitrogens is 1. The minimum atomic E-state index is 0.501. The average molecular weight is 326 g/mol. The Balaban J connectivity index is 2.39. The van der Waals surface area contributed by atoms with Crippen molar-refractivity contribution in [1.82, 2.24) is 4.98 Å². The van der Waals surface area contributed by atoms with Crippen LogP contribution in [-0.2, 0) is 0 Å². The molecule has 24 heavy (non-hydrogen) atoms. The normalized spacial score (nSPS) is 11.0. The molecule has 0 radical (unpaired) electrons. The Morgan fingerprint density at radius 2 is 1.50 bits per heavy atom. The van der Waals surface area contributed by atoms with Crippen LogP contribution in [0.5, 0.6) is 0 Å². The lowest BCUT2D eigenvalue weighted by Gasteiger charge is -2.21. The van der Waals surface area contributed by atoms with Crippen molar-refractivity contribution in [3.8, 4) is 0 Å². The van der Waals surface area contributed by atoms with Gasteiger partial charge in [0.1, 0.15) is 5.82 Å². The van der Waals surface area contributed by atoms with Crippen molar-refractivity contribution in [2.75, 3.05) is 10.6 Å². The van der Waals surface area contributed by atoms with E-state index < -0.39 is 0 Å². The van der Waals surface area contributed by atoms with Crippen LogP contribution in [0.2, 0.25) is 0 Å². The fraction of sp³-hybridized carbons (Fsp3) is 0.476. The van der Waals surface area contributed by atoms with Gasteiger partial charge in [0.25, 0.3) is 0 Å². The van der Waals surface area contributed by atoms with E-state index in [1.807, 2.05) is 0 Å². The molecule has 0 aliphatic heterocycles. The summed E-state index contributed by atoms with van der Waals surface area (Å²) in [6.07, 6.45) is 2.24. The number of nitrogens with one attached hydrogen (secondary N) is 2. The quantitative estimate of drug-likeness (QED) is 0.687. The van der Waals surface area contributed by atoms with Gasteiger partial charge in [-0.3, -0.25) is 0 Å². The molecule has 1 heterocycles. The van der Waals surface area contributed by atoms with E-state index in [2.05, 4.69) is 77.3 Å². The molecule has 0 saturated heterocycles. The standard InChI is InChI=1S/C21H31N3/c1-8-18(9-2)23-19-12-16(6)22-21(17(19)7)24-20-14(4)10-13(3)11-15(20)5/h10-12,18H,8-9H2,1-7H3,(H2,22,23,24). The van der Waals surface area contributed by atoms with Crippen LogP contribution in [-0.4, -0.2) is 11.0 Å². The predicted molar refractivity (Wildman–Crippen MR) is 106 cm³/mol. The van der Waals surface area contributed by atoms with Crippen molar-refractivity contribution in [2.45, 2.75) is 67.3 Å². The summed E-state index contributed by atoms with van der Waals surface area (Å²) >= 11 is 0. The molecule has 0 bridgehead atoms. The molecule has 2 N–H and O–H groups in total. The van der Waals surface area contributed by atoms with Crippen LogP contribution in [0, 0.1) is 34.6 Å². The molecule has 0 saturated carbocycles. The first kappa shape index (κ1) is 18.3. The highest BCUT2D eigenvalue weighted by Gasteiger charge is 2.13. The summed E-state index contributed by atoms with van der Waals surface area (Å²) in [6.45, 7) is 15.1. The second-order valence-corrected chi connectivity index (χ2v) is 6.84. The van der Waals surface area contributed by atoms with Gasteiger partial charge in [-0.15, -0.1) is 0 Å². The van der Waals surface area contributed by atoms with Gasteiger partial charge in [0, 0.05) is 28.7 Å². The number of anilines is 3. The summed E-state index contributed by atoms with van der Waals surface area (Å²) < 4.78 is 0. The Bertz CT molecular complexity index is 692. The lowest BCUT2D eigenvalue weighted by atomic mass is 10.0. The molecule has 0 unspecified atom stereocenters. The van der Waals surface area contributed by atoms with Gasteiger partial charge in [-0.1, -0.05) is 31.5 Å². The molecule has 1 aromatic carbocycles. The molecule has 2 aromatic rings. The van der Waals surface area contributed by atoms with Gasteiger partial charge in [0.15, 0.2) is 0 Å². The molecule has 0 spiro atoms. The zero-order valence-corrected chi connectivity index (χ0v) is 16.2. The zero-order chi connectivity index (χ0) is 17.9. The summed E-state index contributed by atoms with van der Waals surface area (Å²) in [4.78, 5) is 4.74. The van der Waals surface area contributed by atoms with Gasteiger partial charge in [-0.2, -0.15) is 0 Å². The third-order valence-corrected chi connectivity index (χ3v) is 4.67. The Morgan fingerprint density at radius 1 is 0.917 bits per heavy atom. The Hall–Kier alpha value is -2.03. The number of aryl methyl sites for hydroxylation is 4. The maximum atomic E-state index is 4.74. The first-order chi connectivity index (χ1) is 11.3. The fourth-order valence-electron chi connectivity index (χ4n) is 3.22. The summed E-state index contributed by atoms with van der Waals surface area (Å²) in [5.41, 5.74) is 8.34. The number of nitrogens with zero attached hydrogens (tertiary/aromatic N) is 1. The fourth-order valence-corrected chi connectivity index (χ4v) is 3.22. The van der Waals surface area contributed by atoms with E-state index in [9.17, 15) is 0 Å². The smallest absolute Gasteiger partial charge is 0.135 e. The molecule has 1 aromatic heterocycles. The average Bonchev–Trinajstić information content (AvgIpc) is 2.52. The van der Waals surface area contributed by atoms with E-state index in [-0.39, 0.29) is 0 Å². The molecule has 0 aliphatic rings. The van der Waals surface area contributed by atoms with Crippen LogP contribution < -0.4 is 10.6 Å².